The van der Waals surface area contributed by atoms with Crippen molar-refractivity contribution in [3.05, 3.63) is 131 Å². The van der Waals surface area contributed by atoms with Gasteiger partial charge in [0.2, 0.25) is 0 Å². The Morgan fingerprint density at radius 3 is 1.67 bits per heavy atom. The monoisotopic (exact) mass is 436 g/mol. The minimum absolute atomic E-state index is 0.0716. The predicted octanol–water partition coefficient (Wildman–Crippen LogP) is 7.73. The van der Waals surface area contributed by atoms with E-state index >= 15 is 0 Å². The van der Waals surface area contributed by atoms with Gasteiger partial charge in [-0.05, 0) is 63.9 Å². The van der Waals surface area contributed by atoms with Gasteiger partial charge in [-0.2, -0.15) is 0 Å². The van der Waals surface area contributed by atoms with Crippen molar-refractivity contribution in [3.63, 3.8) is 0 Å². The Bertz CT molecular complexity index is 1160. The molecule has 0 heterocycles. The van der Waals surface area contributed by atoms with Gasteiger partial charge in [-0.25, -0.2) is 0 Å². The third kappa shape index (κ3) is 6.49. The standard InChI is InChI=1S/C31H32O2/c1-31(2,3)30-18-17-26(23-33-29-15-8-5-9-16-29)21-27(30)20-24-11-10-12-25(19-24)22-32-28-13-6-4-7-14-28/h4-19,21H,20,22-23H2,1-3H3. The first kappa shape index (κ1) is 22.7. The van der Waals surface area contributed by atoms with Crippen LogP contribution in [-0.4, -0.2) is 0 Å². The maximum atomic E-state index is 6.00. The van der Waals surface area contributed by atoms with Gasteiger partial charge in [-0.1, -0.05) is 99.6 Å². The van der Waals surface area contributed by atoms with Crippen LogP contribution in [0.3, 0.4) is 0 Å². The molecule has 2 heteroatoms. The van der Waals surface area contributed by atoms with Gasteiger partial charge in [0.1, 0.15) is 24.7 Å². The molecule has 0 aliphatic heterocycles. The van der Waals surface area contributed by atoms with Crippen LogP contribution >= 0.6 is 0 Å². The summed E-state index contributed by atoms with van der Waals surface area (Å²) in [5, 5.41) is 0. The molecule has 0 unspecified atom stereocenters. The van der Waals surface area contributed by atoms with E-state index < -0.39 is 0 Å². The topological polar surface area (TPSA) is 18.5 Å². The van der Waals surface area contributed by atoms with Crippen molar-refractivity contribution in [2.24, 2.45) is 0 Å². The van der Waals surface area contributed by atoms with Crippen LogP contribution in [0.25, 0.3) is 0 Å². The first-order chi connectivity index (χ1) is 16.0. The number of ether oxygens (including phenoxy) is 2. The molecule has 0 radical (unpaired) electrons. The zero-order valence-electron chi connectivity index (χ0n) is 19.8. The first-order valence-electron chi connectivity index (χ1n) is 11.5. The number of rotatable bonds is 8. The van der Waals surface area contributed by atoms with E-state index in [1.807, 2.05) is 60.7 Å². The molecule has 2 nitrogen and oxygen atoms in total. The second-order valence-electron chi connectivity index (χ2n) is 9.44. The van der Waals surface area contributed by atoms with Crippen LogP contribution in [0.2, 0.25) is 0 Å². The molecule has 0 N–H and O–H groups in total. The molecule has 4 rings (SSSR count). The number of hydrogen-bond acceptors (Lipinski definition) is 2. The molecule has 0 aliphatic carbocycles. The van der Waals surface area contributed by atoms with Gasteiger partial charge in [-0.15, -0.1) is 0 Å². The van der Waals surface area contributed by atoms with E-state index in [1.165, 1.54) is 27.8 Å². The smallest absolute Gasteiger partial charge is 0.119 e. The van der Waals surface area contributed by atoms with E-state index in [-0.39, 0.29) is 5.41 Å². The van der Waals surface area contributed by atoms with Crippen molar-refractivity contribution in [1.29, 1.82) is 0 Å². The molecule has 0 saturated heterocycles. The Hall–Kier alpha value is -3.52. The molecule has 0 aromatic heterocycles. The molecule has 0 atom stereocenters. The number of para-hydroxylation sites is 2. The molecule has 4 aromatic carbocycles. The van der Waals surface area contributed by atoms with Gasteiger partial charge in [-0.3, -0.25) is 0 Å². The lowest BCUT2D eigenvalue weighted by Gasteiger charge is -2.24. The van der Waals surface area contributed by atoms with Gasteiger partial charge in [0.25, 0.3) is 0 Å². The highest BCUT2D eigenvalue weighted by Crippen LogP contribution is 2.29. The maximum absolute atomic E-state index is 6.00. The quantitative estimate of drug-likeness (QED) is 0.281. The molecule has 168 valence electrons. The lowest BCUT2D eigenvalue weighted by atomic mass is 9.81. The summed E-state index contributed by atoms with van der Waals surface area (Å²) < 4.78 is 12.0. The zero-order chi connectivity index (χ0) is 23.1. The number of hydrogen-bond donors (Lipinski definition) is 0. The van der Waals surface area contributed by atoms with E-state index in [0.717, 1.165) is 17.9 Å². The molecule has 0 saturated carbocycles. The van der Waals surface area contributed by atoms with E-state index in [2.05, 4.69) is 63.2 Å². The van der Waals surface area contributed by atoms with Crippen LogP contribution in [0, 0.1) is 0 Å². The molecule has 0 aliphatic rings. The summed E-state index contributed by atoms with van der Waals surface area (Å²) in [6.45, 7) is 7.95. The average molecular weight is 437 g/mol. The van der Waals surface area contributed by atoms with Crippen LogP contribution < -0.4 is 9.47 Å². The Morgan fingerprint density at radius 1 is 0.545 bits per heavy atom. The van der Waals surface area contributed by atoms with Crippen molar-refractivity contribution in [2.75, 3.05) is 0 Å². The first-order valence-corrected chi connectivity index (χ1v) is 11.5. The fraction of sp³-hybridized carbons (Fsp3) is 0.226. The van der Waals surface area contributed by atoms with Crippen molar-refractivity contribution in [2.45, 2.75) is 45.8 Å². The van der Waals surface area contributed by atoms with Crippen LogP contribution in [0.1, 0.15) is 48.6 Å². The largest absolute Gasteiger partial charge is 0.489 e. The SMILES string of the molecule is CC(C)(C)c1ccc(COc2ccccc2)cc1Cc1cccc(COc2ccccc2)c1. The molecule has 0 fully saturated rings. The lowest BCUT2D eigenvalue weighted by molar-refractivity contribution is 0.306. The minimum atomic E-state index is 0.0716. The van der Waals surface area contributed by atoms with Gasteiger partial charge in [0.05, 0.1) is 0 Å². The summed E-state index contributed by atoms with van der Waals surface area (Å²) in [6.07, 6.45) is 0.880. The Balaban J connectivity index is 1.51. The second-order valence-corrected chi connectivity index (χ2v) is 9.44. The van der Waals surface area contributed by atoms with Crippen molar-refractivity contribution >= 4 is 0 Å². The third-order valence-corrected chi connectivity index (χ3v) is 5.66. The van der Waals surface area contributed by atoms with Crippen LogP contribution in [0.15, 0.2) is 103 Å². The Kier molecular flexibility index (Phi) is 7.14. The van der Waals surface area contributed by atoms with E-state index in [4.69, 9.17) is 9.47 Å². The lowest BCUT2D eigenvalue weighted by Crippen LogP contribution is -2.15. The van der Waals surface area contributed by atoms with Crippen molar-refractivity contribution in [1.82, 2.24) is 0 Å². The van der Waals surface area contributed by atoms with Gasteiger partial charge >= 0.3 is 0 Å². The second kappa shape index (κ2) is 10.4. The zero-order valence-corrected chi connectivity index (χ0v) is 19.8. The fourth-order valence-electron chi connectivity index (χ4n) is 4.03. The van der Waals surface area contributed by atoms with Crippen molar-refractivity contribution < 1.29 is 9.47 Å². The molecule has 33 heavy (non-hydrogen) atoms. The van der Waals surface area contributed by atoms with Gasteiger partial charge in [0.15, 0.2) is 0 Å². The van der Waals surface area contributed by atoms with Crippen LogP contribution in [0.4, 0.5) is 0 Å². The van der Waals surface area contributed by atoms with Crippen LogP contribution in [-0.2, 0) is 25.0 Å². The normalized spacial score (nSPS) is 11.2. The highest BCUT2D eigenvalue weighted by atomic mass is 16.5. The number of benzene rings is 4. The third-order valence-electron chi connectivity index (χ3n) is 5.66. The van der Waals surface area contributed by atoms with E-state index in [9.17, 15) is 0 Å². The molecule has 4 aromatic rings. The highest BCUT2D eigenvalue weighted by Gasteiger charge is 2.18. The van der Waals surface area contributed by atoms with E-state index in [1.54, 1.807) is 0 Å². The molecular formula is C31H32O2. The molecule has 0 amide bonds. The van der Waals surface area contributed by atoms with Gasteiger partial charge < -0.3 is 9.47 Å². The maximum Gasteiger partial charge on any atom is 0.119 e. The van der Waals surface area contributed by atoms with Gasteiger partial charge in [0, 0.05) is 0 Å². The summed E-state index contributed by atoms with van der Waals surface area (Å²) >= 11 is 0. The fourth-order valence-corrected chi connectivity index (χ4v) is 4.03. The van der Waals surface area contributed by atoms with Crippen LogP contribution in [0.5, 0.6) is 11.5 Å². The summed E-state index contributed by atoms with van der Waals surface area (Å²) in [6, 6.07) is 35.4. The van der Waals surface area contributed by atoms with E-state index in [0.29, 0.717) is 13.2 Å². The Morgan fingerprint density at radius 2 is 1.09 bits per heavy atom. The highest BCUT2D eigenvalue weighted by molar-refractivity contribution is 5.40. The summed E-state index contributed by atoms with van der Waals surface area (Å²) in [4.78, 5) is 0. The molecule has 0 spiro atoms. The summed E-state index contributed by atoms with van der Waals surface area (Å²) in [5.74, 6) is 1.79. The minimum Gasteiger partial charge on any atom is -0.489 e. The molecular weight excluding hydrogens is 404 g/mol. The molecule has 0 bridgehead atoms. The summed E-state index contributed by atoms with van der Waals surface area (Å²) in [7, 11) is 0. The average Bonchev–Trinajstić information content (AvgIpc) is 2.82. The van der Waals surface area contributed by atoms with Crippen molar-refractivity contribution in [3.8, 4) is 11.5 Å². The Labute approximate surface area is 197 Å². The summed E-state index contributed by atoms with van der Waals surface area (Å²) in [5.41, 5.74) is 6.44. The predicted molar refractivity (Wildman–Crippen MR) is 136 cm³/mol.